The van der Waals surface area contributed by atoms with Crippen LogP contribution >= 0.6 is 11.3 Å². The molecule has 0 radical (unpaired) electrons. The predicted octanol–water partition coefficient (Wildman–Crippen LogP) is 3.60. The van der Waals surface area contributed by atoms with Crippen LogP contribution in [0, 0.1) is 0 Å². The second-order valence-corrected chi connectivity index (χ2v) is 6.58. The summed E-state index contributed by atoms with van der Waals surface area (Å²) in [6, 6.07) is 17.8. The Hall–Kier alpha value is -1.52. The van der Waals surface area contributed by atoms with Crippen molar-refractivity contribution in [2.24, 2.45) is 0 Å². The van der Waals surface area contributed by atoms with Gasteiger partial charge >= 0.3 is 0 Å². The molecule has 4 heteroatoms. The Morgan fingerprint density at radius 2 is 1.72 bits per heavy atom. The molecule has 0 saturated heterocycles. The molecule has 1 unspecified atom stereocenters. The minimum absolute atomic E-state index is 0.528. The van der Waals surface area contributed by atoms with Crippen LogP contribution in [0.25, 0.3) is 10.2 Å². The van der Waals surface area contributed by atoms with Gasteiger partial charge in [0.1, 0.15) is 0 Å². The summed E-state index contributed by atoms with van der Waals surface area (Å²) in [6.07, 6.45) is 0. The molecule has 0 bridgehead atoms. The molecule has 0 spiro atoms. The second-order valence-electron chi connectivity index (χ2n) is 3.92. The van der Waals surface area contributed by atoms with E-state index in [-0.39, 0.29) is 0 Å². The number of rotatable bonds is 3. The first kappa shape index (κ1) is 11.6. The first-order valence-corrected chi connectivity index (χ1v) is 7.74. The van der Waals surface area contributed by atoms with E-state index >= 15 is 0 Å². The summed E-state index contributed by atoms with van der Waals surface area (Å²) in [7, 11) is -1.06. The highest BCUT2D eigenvalue weighted by atomic mass is 32.2. The van der Waals surface area contributed by atoms with Crippen molar-refractivity contribution < 1.29 is 4.21 Å². The summed E-state index contributed by atoms with van der Waals surface area (Å²) in [5.41, 5.74) is 2.01. The normalized spacial score (nSPS) is 12.7. The molecule has 2 aromatic carbocycles. The van der Waals surface area contributed by atoms with E-state index in [1.165, 1.54) is 11.3 Å². The molecule has 0 N–H and O–H groups in total. The number of benzene rings is 2. The highest BCUT2D eigenvalue weighted by molar-refractivity contribution is 7.86. The van der Waals surface area contributed by atoms with E-state index in [1.54, 1.807) is 0 Å². The van der Waals surface area contributed by atoms with Gasteiger partial charge in [0.25, 0.3) is 0 Å². The van der Waals surface area contributed by atoms with Gasteiger partial charge in [-0.25, -0.2) is 4.98 Å². The maximum atomic E-state index is 12.2. The molecule has 0 saturated carbocycles. The number of hydrogen-bond donors (Lipinski definition) is 0. The van der Waals surface area contributed by atoms with Crippen molar-refractivity contribution >= 4 is 32.4 Å². The average Bonchev–Trinajstić information content (AvgIpc) is 2.84. The lowest BCUT2D eigenvalue weighted by molar-refractivity contribution is 0.682. The van der Waals surface area contributed by atoms with Crippen LogP contribution in [0.3, 0.4) is 0 Å². The molecular formula is C14H11NOS2. The third-order valence-electron chi connectivity index (χ3n) is 2.61. The fourth-order valence-electron chi connectivity index (χ4n) is 1.74. The van der Waals surface area contributed by atoms with Gasteiger partial charge in [0.2, 0.25) is 0 Å². The van der Waals surface area contributed by atoms with Gasteiger partial charge in [0, 0.05) is 0 Å². The number of hydrogen-bond acceptors (Lipinski definition) is 3. The van der Waals surface area contributed by atoms with Crippen LogP contribution < -0.4 is 0 Å². The van der Waals surface area contributed by atoms with Gasteiger partial charge in [-0.1, -0.05) is 42.5 Å². The maximum Gasteiger partial charge on any atom is 0.182 e. The van der Waals surface area contributed by atoms with E-state index in [0.717, 1.165) is 15.8 Å². The minimum atomic E-state index is -1.06. The lowest BCUT2D eigenvalue weighted by atomic mass is 10.2. The Bertz CT molecular complexity index is 658. The topological polar surface area (TPSA) is 30.0 Å². The maximum absolute atomic E-state index is 12.2. The zero-order valence-electron chi connectivity index (χ0n) is 9.58. The summed E-state index contributed by atoms with van der Waals surface area (Å²) in [6.45, 7) is 0. The van der Waals surface area contributed by atoms with E-state index in [0.29, 0.717) is 10.1 Å². The standard InChI is InChI=1S/C14H11NOS2/c16-18(10-11-6-2-1-3-7-11)14-15-12-8-4-5-9-13(12)17-14/h1-9H,10H2. The Morgan fingerprint density at radius 3 is 2.50 bits per heavy atom. The molecule has 1 atom stereocenters. The zero-order chi connectivity index (χ0) is 12.4. The van der Waals surface area contributed by atoms with E-state index in [1.807, 2.05) is 54.6 Å². The lowest BCUT2D eigenvalue weighted by Crippen LogP contribution is -1.95. The number of para-hydroxylation sites is 1. The van der Waals surface area contributed by atoms with Crippen molar-refractivity contribution in [3.63, 3.8) is 0 Å². The van der Waals surface area contributed by atoms with Crippen molar-refractivity contribution in [1.82, 2.24) is 4.98 Å². The molecule has 0 aliphatic rings. The van der Waals surface area contributed by atoms with Gasteiger partial charge in [-0.3, -0.25) is 4.21 Å². The van der Waals surface area contributed by atoms with Crippen LogP contribution in [-0.2, 0) is 16.6 Å². The smallest absolute Gasteiger partial charge is 0.182 e. The molecule has 0 aliphatic carbocycles. The average molecular weight is 273 g/mol. The third-order valence-corrected chi connectivity index (χ3v) is 5.32. The molecule has 1 aromatic heterocycles. The van der Waals surface area contributed by atoms with E-state index in [2.05, 4.69) is 4.98 Å². The molecule has 0 aliphatic heterocycles. The third kappa shape index (κ3) is 2.35. The van der Waals surface area contributed by atoms with Crippen LogP contribution in [0.5, 0.6) is 0 Å². The summed E-state index contributed by atoms with van der Waals surface area (Å²) in [4.78, 5) is 4.43. The van der Waals surface area contributed by atoms with Gasteiger partial charge in [0.05, 0.1) is 26.8 Å². The number of aromatic nitrogens is 1. The van der Waals surface area contributed by atoms with E-state index in [4.69, 9.17) is 0 Å². The zero-order valence-corrected chi connectivity index (χ0v) is 11.2. The van der Waals surface area contributed by atoms with Gasteiger partial charge in [0.15, 0.2) is 4.34 Å². The van der Waals surface area contributed by atoms with E-state index < -0.39 is 10.8 Å². The van der Waals surface area contributed by atoms with Crippen molar-refractivity contribution in [3.05, 3.63) is 60.2 Å². The number of nitrogens with zero attached hydrogens (tertiary/aromatic N) is 1. The van der Waals surface area contributed by atoms with E-state index in [9.17, 15) is 4.21 Å². The minimum Gasteiger partial charge on any atom is -0.252 e. The van der Waals surface area contributed by atoms with Crippen molar-refractivity contribution in [1.29, 1.82) is 0 Å². The second kappa shape index (κ2) is 5.00. The Balaban J connectivity index is 1.88. The molecule has 18 heavy (non-hydrogen) atoms. The van der Waals surface area contributed by atoms with Crippen LogP contribution in [0.15, 0.2) is 58.9 Å². The van der Waals surface area contributed by atoms with Gasteiger partial charge in [-0.05, 0) is 17.7 Å². The van der Waals surface area contributed by atoms with Crippen LogP contribution in [0.2, 0.25) is 0 Å². The molecule has 0 amide bonds. The lowest BCUT2D eigenvalue weighted by Gasteiger charge is -1.98. The van der Waals surface area contributed by atoms with Crippen LogP contribution in [-0.4, -0.2) is 9.19 Å². The molecule has 2 nitrogen and oxygen atoms in total. The number of fused-ring (bicyclic) bond motifs is 1. The monoisotopic (exact) mass is 273 g/mol. The van der Waals surface area contributed by atoms with Crippen molar-refractivity contribution in [2.45, 2.75) is 10.1 Å². The van der Waals surface area contributed by atoms with Crippen LogP contribution in [0.1, 0.15) is 5.56 Å². The molecule has 0 fully saturated rings. The first-order chi connectivity index (χ1) is 8.83. The molecule has 90 valence electrons. The Kier molecular flexibility index (Phi) is 3.21. The van der Waals surface area contributed by atoms with Gasteiger partial charge in [-0.2, -0.15) is 0 Å². The SMILES string of the molecule is O=S(Cc1ccccc1)c1nc2ccccc2s1. The summed E-state index contributed by atoms with van der Waals surface area (Å²) in [5, 5.41) is 0. The highest BCUT2D eigenvalue weighted by Gasteiger charge is 2.10. The number of thiazole rings is 1. The van der Waals surface area contributed by atoms with Crippen LogP contribution in [0.4, 0.5) is 0 Å². The fourth-order valence-corrected chi connectivity index (χ4v) is 4.07. The molecule has 3 rings (SSSR count). The highest BCUT2D eigenvalue weighted by Crippen LogP contribution is 2.25. The van der Waals surface area contributed by atoms with Crippen molar-refractivity contribution in [3.8, 4) is 0 Å². The van der Waals surface area contributed by atoms with Crippen molar-refractivity contribution in [2.75, 3.05) is 0 Å². The fraction of sp³-hybridized carbons (Fsp3) is 0.0714. The summed E-state index contributed by atoms with van der Waals surface area (Å²) < 4.78 is 14.0. The predicted molar refractivity (Wildman–Crippen MR) is 76.2 cm³/mol. The molecule has 3 aromatic rings. The quantitative estimate of drug-likeness (QED) is 0.729. The van der Waals surface area contributed by atoms with Gasteiger partial charge in [-0.15, -0.1) is 11.3 Å². The summed E-state index contributed by atoms with van der Waals surface area (Å²) >= 11 is 1.51. The first-order valence-electron chi connectivity index (χ1n) is 5.61. The summed E-state index contributed by atoms with van der Waals surface area (Å²) in [5.74, 6) is 0.528. The Morgan fingerprint density at radius 1 is 1.00 bits per heavy atom. The molecular weight excluding hydrogens is 262 g/mol. The van der Waals surface area contributed by atoms with Gasteiger partial charge < -0.3 is 0 Å². The Labute approximate surface area is 112 Å². The largest absolute Gasteiger partial charge is 0.252 e. The molecule has 1 heterocycles.